The van der Waals surface area contributed by atoms with Gasteiger partial charge in [-0.3, -0.25) is 0 Å². The Morgan fingerprint density at radius 3 is 2.00 bits per heavy atom. The van der Waals surface area contributed by atoms with E-state index in [1.54, 1.807) is 0 Å². The summed E-state index contributed by atoms with van der Waals surface area (Å²) in [5.41, 5.74) is 0. The molecule has 60 valence electrons. The van der Waals surface area contributed by atoms with Crippen molar-refractivity contribution in [2.75, 3.05) is 0 Å². The fourth-order valence-electron chi connectivity index (χ4n) is 1.06. The van der Waals surface area contributed by atoms with E-state index in [-0.39, 0.29) is 0 Å². The Kier molecular flexibility index (Phi) is 2.86. The largest absolute Gasteiger partial charge is 0.286 e. The third-order valence-electron chi connectivity index (χ3n) is 1.77. The summed E-state index contributed by atoms with van der Waals surface area (Å²) in [4.78, 5) is 0. The molecule has 0 aromatic rings. The lowest BCUT2D eigenvalue weighted by Crippen LogP contribution is -2.44. The summed E-state index contributed by atoms with van der Waals surface area (Å²) in [6.07, 6.45) is 2.86. The fourth-order valence-corrected chi connectivity index (χ4v) is 4.87. The van der Waals surface area contributed by atoms with Gasteiger partial charge in [-0.2, -0.15) is 0 Å². The van der Waals surface area contributed by atoms with Gasteiger partial charge in [0, 0.05) is 0 Å². The molecule has 1 aliphatic heterocycles. The van der Waals surface area contributed by atoms with Crippen molar-refractivity contribution in [3.8, 4) is 0 Å². The zero-order valence-corrected chi connectivity index (χ0v) is 9.36. The highest BCUT2D eigenvalue weighted by atomic mass is 35.7. The first-order valence-corrected chi connectivity index (χ1v) is 8.20. The van der Waals surface area contributed by atoms with Crippen LogP contribution >= 0.6 is 45.4 Å². The molecule has 1 rings (SSSR count). The van der Waals surface area contributed by atoms with Gasteiger partial charge in [0.25, 0.3) is 6.69 Å². The third-order valence-corrected chi connectivity index (χ3v) is 10.6. The van der Waals surface area contributed by atoms with Crippen molar-refractivity contribution >= 4 is 52.1 Å². The van der Waals surface area contributed by atoms with Gasteiger partial charge in [-0.25, -0.2) is 0 Å². The lowest BCUT2D eigenvalue weighted by Gasteiger charge is -2.34. The van der Waals surface area contributed by atoms with E-state index in [2.05, 4.69) is 0 Å². The summed E-state index contributed by atoms with van der Waals surface area (Å²) in [7, 11) is 0. The lowest BCUT2D eigenvalue weighted by atomic mass is 10.3. The van der Waals surface area contributed by atoms with Crippen molar-refractivity contribution in [1.29, 1.82) is 0 Å². The van der Waals surface area contributed by atoms with Crippen LogP contribution in [0.1, 0.15) is 19.3 Å². The van der Waals surface area contributed by atoms with Gasteiger partial charge < -0.3 is 0 Å². The van der Waals surface area contributed by atoms with Crippen LogP contribution in [0.3, 0.4) is 0 Å². The Balaban J connectivity index is 2.70. The van der Waals surface area contributed by atoms with E-state index in [1.165, 1.54) is 0 Å². The molecule has 1 fully saturated rings. The highest BCUT2D eigenvalue weighted by Crippen LogP contribution is 2.48. The van der Waals surface area contributed by atoms with Gasteiger partial charge in [-0.05, 0) is 12.5 Å². The normalized spacial score (nSPS) is 30.0. The molecule has 0 aromatic carbocycles. The molecule has 1 heterocycles. The average Bonchev–Trinajstić information content (AvgIpc) is 1.77. The van der Waals surface area contributed by atoms with Crippen LogP contribution in [0.15, 0.2) is 0 Å². The molecule has 0 aliphatic carbocycles. The standard InChI is InChI=1S/C5H8Cl4Si/c6-5(7)3-1-2-4-10(5,8)9/h1-4H2. The first-order chi connectivity index (χ1) is 4.46. The van der Waals surface area contributed by atoms with E-state index in [1.807, 2.05) is 0 Å². The highest BCUT2D eigenvalue weighted by molar-refractivity contribution is 7.50. The Morgan fingerprint density at radius 2 is 1.70 bits per heavy atom. The molecule has 0 radical (unpaired) electrons. The molecule has 0 bridgehead atoms. The van der Waals surface area contributed by atoms with Crippen LogP contribution in [0, 0.1) is 0 Å². The van der Waals surface area contributed by atoms with Gasteiger partial charge in [0.05, 0.1) is 0 Å². The van der Waals surface area contributed by atoms with E-state index in [9.17, 15) is 0 Å². The molecular formula is C5H8Cl4Si. The van der Waals surface area contributed by atoms with Crippen molar-refractivity contribution in [1.82, 2.24) is 0 Å². The second kappa shape index (κ2) is 3.02. The molecule has 0 saturated carbocycles. The predicted octanol–water partition coefficient (Wildman–Crippen LogP) is 3.80. The smallest absolute Gasteiger partial charge is 0.143 e. The molecule has 0 unspecified atom stereocenters. The fraction of sp³-hybridized carbons (Fsp3) is 1.00. The van der Waals surface area contributed by atoms with Crippen LogP contribution in [-0.2, 0) is 0 Å². The van der Waals surface area contributed by atoms with E-state index < -0.39 is 10.7 Å². The molecular weight excluding hydrogens is 230 g/mol. The van der Waals surface area contributed by atoms with Crippen LogP contribution in [0.2, 0.25) is 6.04 Å². The molecule has 0 spiro atoms. The molecule has 1 aliphatic rings. The molecule has 0 N–H and O–H groups in total. The Morgan fingerprint density at radius 1 is 1.10 bits per heavy atom. The summed E-state index contributed by atoms with van der Waals surface area (Å²) in [6.45, 7) is -2.34. The number of halogens is 4. The van der Waals surface area contributed by atoms with Crippen molar-refractivity contribution in [2.45, 2.75) is 29.3 Å². The lowest BCUT2D eigenvalue weighted by molar-refractivity contribution is 0.684. The van der Waals surface area contributed by atoms with Crippen LogP contribution < -0.4 is 0 Å². The number of rotatable bonds is 0. The minimum Gasteiger partial charge on any atom is -0.143 e. The summed E-state index contributed by atoms with van der Waals surface area (Å²) in [5, 5.41) is 0. The SMILES string of the molecule is ClC1(Cl)CCCC[Si]1(Cl)Cl. The number of hydrogen-bond donors (Lipinski definition) is 0. The van der Waals surface area contributed by atoms with Gasteiger partial charge >= 0.3 is 0 Å². The summed E-state index contributed by atoms with van der Waals surface area (Å²) >= 11 is 23.9. The van der Waals surface area contributed by atoms with Crippen LogP contribution in [0.5, 0.6) is 0 Å². The first kappa shape index (κ1) is 9.46. The molecule has 0 aromatic heterocycles. The quantitative estimate of drug-likeness (QED) is 0.342. The molecule has 5 heteroatoms. The average molecular weight is 238 g/mol. The second-order valence-corrected chi connectivity index (χ2v) is 11.9. The monoisotopic (exact) mass is 236 g/mol. The third kappa shape index (κ3) is 1.75. The van der Waals surface area contributed by atoms with Gasteiger partial charge in [0.1, 0.15) is 3.96 Å². The minimum atomic E-state index is -2.34. The summed E-state index contributed by atoms with van der Waals surface area (Å²) in [6, 6.07) is 0.823. The van der Waals surface area contributed by atoms with Gasteiger partial charge in [-0.15, -0.1) is 45.4 Å². The summed E-state index contributed by atoms with van der Waals surface area (Å²) in [5.74, 6) is 0. The van der Waals surface area contributed by atoms with Crippen LogP contribution in [-0.4, -0.2) is 10.7 Å². The van der Waals surface area contributed by atoms with Gasteiger partial charge in [0.15, 0.2) is 0 Å². The van der Waals surface area contributed by atoms with Crippen LogP contribution in [0.4, 0.5) is 0 Å². The minimum absolute atomic E-state index is 0.745. The number of alkyl halides is 2. The predicted molar refractivity (Wildman–Crippen MR) is 50.6 cm³/mol. The molecule has 1 saturated heterocycles. The first-order valence-electron chi connectivity index (χ1n) is 3.21. The van der Waals surface area contributed by atoms with Crippen molar-refractivity contribution in [3.63, 3.8) is 0 Å². The molecule has 0 atom stereocenters. The maximum absolute atomic E-state index is 6.00. The zero-order chi connectivity index (χ0) is 7.83. The topological polar surface area (TPSA) is 0 Å². The molecule has 0 amide bonds. The van der Waals surface area contributed by atoms with Crippen molar-refractivity contribution in [2.24, 2.45) is 0 Å². The Hall–Kier alpha value is 1.38. The molecule has 0 nitrogen and oxygen atoms in total. The van der Waals surface area contributed by atoms with Crippen LogP contribution in [0.25, 0.3) is 0 Å². The van der Waals surface area contributed by atoms with E-state index >= 15 is 0 Å². The molecule has 10 heavy (non-hydrogen) atoms. The Bertz CT molecular complexity index is 118. The van der Waals surface area contributed by atoms with Gasteiger partial charge in [0.2, 0.25) is 0 Å². The van der Waals surface area contributed by atoms with E-state index in [0.717, 1.165) is 25.3 Å². The highest BCUT2D eigenvalue weighted by Gasteiger charge is 2.51. The zero-order valence-electron chi connectivity index (χ0n) is 5.34. The number of hydrogen-bond acceptors (Lipinski definition) is 0. The van der Waals surface area contributed by atoms with Gasteiger partial charge in [-0.1, -0.05) is 12.8 Å². The Labute approximate surface area is 81.2 Å². The van der Waals surface area contributed by atoms with Crippen molar-refractivity contribution in [3.05, 3.63) is 0 Å². The maximum Gasteiger partial charge on any atom is 0.286 e. The summed E-state index contributed by atoms with van der Waals surface area (Å²) < 4.78 is -0.811. The van der Waals surface area contributed by atoms with Crippen molar-refractivity contribution < 1.29 is 0 Å². The van der Waals surface area contributed by atoms with E-state index in [0.29, 0.717) is 0 Å². The second-order valence-electron chi connectivity index (χ2n) is 2.62. The van der Waals surface area contributed by atoms with E-state index in [4.69, 9.17) is 45.4 Å². The maximum atomic E-state index is 6.00.